The highest BCUT2D eigenvalue weighted by Crippen LogP contribution is 2.27. The fourth-order valence-electron chi connectivity index (χ4n) is 3.80. The second-order valence-corrected chi connectivity index (χ2v) is 7.88. The van der Waals surface area contributed by atoms with Gasteiger partial charge in [-0.1, -0.05) is 6.92 Å². The first kappa shape index (κ1) is 21.6. The van der Waals surface area contributed by atoms with E-state index in [1.54, 1.807) is 4.90 Å². The molecule has 2 aliphatic rings. The van der Waals surface area contributed by atoms with E-state index in [0.29, 0.717) is 25.2 Å². The minimum absolute atomic E-state index is 0. The summed E-state index contributed by atoms with van der Waals surface area (Å²) < 4.78 is 13.0. The second-order valence-electron chi connectivity index (χ2n) is 7.88. The van der Waals surface area contributed by atoms with Crippen molar-refractivity contribution < 1.29 is 14.0 Å². The standard InChI is InChI=1S/C20H28FN3O2.ClH/c1-20(8-10-22-11-9-20)14-23-18(25)16-3-2-12-24(13-16)19(26)15-4-6-17(21)7-5-15;/h4-7,16,22H,2-3,8-14H2,1H3,(H,23,25);1H. The van der Waals surface area contributed by atoms with E-state index < -0.39 is 0 Å². The van der Waals surface area contributed by atoms with Crippen LogP contribution in [0.4, 0.5) is 4.39 Å². The summed E-state index contributed by atoms with van der Waals surface area (Å²) in [6.45, 7) is 5.98. The monoisotopic (exact) mass is 397 g/mol. The van der Waals surface area contributed by atoms with Crippen LogP contribution in [-0.4, -0.2) is 49.4 Å². The molecule has 0 aliphatic carbocycles. The smallest absolute Gasteiger partial charge is 0.253 e. The zero-order valence-electron chi connectivity index (χ0n) is 15.8. The number of benzene rings is 1. The molecular weight excluding hydrogens is 369 g/mol. The van der Waals surface area contributed by atoms with Gasteiger partial charge in [-0.25, -0.2) is 4.39 Å². The summed E-state index contributed by atoms with van der Waals surface area (Å²) in [6.07, 6.45) is 3.74. The molecule has 150 valence electrons. The number of nitrogens with one attached hydrogen (secondary N) is 2. The average Bonchev–Trinajstić information content (AvgIpc) is 2.67. The predicted octanol–water partition coefficient (Wildman–Crippen LogP) is 2.61. The van der Waals surface area contributed by atoms with Crippen molar-refractivity contribution in [3.8, 4) is 0 Å². The minimum Gasteiger partial charge on any atom is -0.355 e. The van der Waals surface area contributed by atoms with Gasteiger partial charge in [-0.15, -0.1) is 12.4 Å². The van der Waals surface area contributed by atoms with Crippen LogP contribution in [0.25, 0.3) is 0 Å². The first-order chi connectivity index (χ1) is 12.5. The van der Waals surface area contributed by atoms with Crippen molar-refractivity contribution >= 4 is 24.2 Å². The van der Waals surface area contributed by atoms with Gasteiger partial charge in [0.05, 0.1) is 5.92 Å². The fraction of sp³-hybridized carbons (Fsp3) is 0.600. The molecule has 0 radical (unpaired) electrons. The van der Waals surface area contributed by atoms with Crippen LogP contribution in [0.5, 0.6) is 0 Å². The number of halogens is 2. The summed E-state index contributed by atoms with van der Waals surface area (Å²) in [7, 11) is 0. The molecule has 5 nitrogen and oxygen atoms in total. The third kappa shape index (κ3) is 5.66. The Balaban J connectivity index is 0.00000261. The van der Waals surface area contributed by atoms with Crippen LogP contribution in [0.3, 0.4) is 0 Å². The zero-order chi connectivity index (χ0) is 18.6. The van der Waals surface area contributed by atoms with Crippen molar-refractivity contribution in [2.45, 2.75) is 32.6 Å². The molecule has 1 aromatic rings. The van der Waals surface area contributed by atoms with E-state index in [2.05, 4.69) is 17.6 Å². The normalized spacial score (nSPS) is 21.9. The molecule has 1 atom stereocenters. The molecule has 1 unspecified atom stereocenters. The van der Waals surface area contributed by atoms with Crippen molar-refractivity contribution in [1.82, 2.24) is 15.5 Å². The van der Waals surface area contributed by atoms with Gasteiger partial charge < -0.3 is 15.5 Å². The van der Waals surface area contributed by atoms with E-state index in [9.17, 15) is 14.0 Å². The first-order valence-corrected chi connectivity index (χ1v) is 9.50. The van der Waals surface area contributed by atoms with E-state index in [4.69, 9.17) is 0 Å². The Bertz CT molecular complexity index is 647. The van der Waals surface area contributed by atoms with Crippen LogP contribution < -0.4 is 10.6 Å². The Hall–Kier alpha value is -1.66. The first-order valence-electron chi connectivity index (χ1n) is 9.50. The molecule has 0 bridgehead atoms. The van der Waals surface area contributed by atoms with E-state index in [1.807, 2.05) is 0 Å². The summed E-state index contributed by atoms with van der Waals surface area (Å²) >= 11 is 0. The molecule has 2 amide bonds. The van der Waals surface area contributed by atoms with Gasteiger partial charge in [0, 0.05) is 25.2 Å². The third-order valence-corrected chi connectivity index (χ3v) is 5.67. The Kier molecular flexibility index (Phi) is 7.62. The van der Waals surface area contributed by atoms with E-state index in [0.717, 1.165) is 38.8 Å². The van der Waals surface area contributed by atoms with Crippen LogP contribution in [0, 0.1) is 17.2 Å². The molecule has 2 saturated heterocycles. The second kappa shape index (κ2) is 9.51. The van der Waals surface area contributed by atoms with Crippen LogP contribution >= 0.6 is 12.4 Å². The molecular formula is C20H29ClFN3O2. The van der Waals surface area contributed by atoms with Gasteiger partial charge in [0.1, 0.15) is 5.82 Å². The third-order valence-electron chi connectivity index (χ3n) is 5.67. The summed E-state index contributed by atoms with van der Waals surface area (Å²) in [6, 6.07) is 5.58. The van der Waals surface area contributed by atoms with Crippen molar-refractivity contribution in [3.05, 3.63) is 35.6 Å². The molecule has 2 fully saturated rings. The Morgan fingerprint density at radius 3 is 2.59 bits per heavy atom. The van der Waals surface area contributed by atoms with Gasteiger partial charge in [-0.05, 0) is 68.5 Å². The Morgan fingerprint density at radius 1 is 1.26 bits per heavy atom. The lowest BCUT2D eigenvalue weighted by Crippen LogP contribution is -2.48. The summed E-state index contributed by atoms with van der Waals surface area (Å²) in [5.41, 5.74) is 0.619. The molecule has 1 aromatic carbocycles. The lowest BCUT2D eigenvalue weighted by Gasteiger charge is -2.36. The molecule has 3 rings (SSSR count). The highest BCUT2D eigenvalue weighted by molar-refractivity contribution is 5.94. The van der Waals surface area contributed by atoms with Gasteiger partial charge >= 0.3 is 0 Å². The number of carbonyl (C=O) groups is 2. The number of amides is 2. The van der Waals surface area contributed by atoms with Crippen LogP contribution in [-0.2, 0) is 4.79 Å². The number of likely N-dealkylation sites (tertiary alicyclic amines) is 1. The number of piperidine rings is 2. The molecule has 2 N–H and O–H groups in total. The van der Waals surface area contributed by atoms with Crippen molar-refractivity contribution in [3.63, 3.8) is 0 Å². The summed E-state index contributed by atoms with van der Waals surface area (Å²) in [5, 5.41) is 6.46. The highest BCUT2D eigenvalue weighted by Gasteiger charge is 2.31. The number of rotatable bonds is 4. The summed E-state index contributed by atoms with van der Waals surface area (Å²) in [4.78, 5) is 26.9. The zero-order valence-corrected chi connectivity index (χ0v) is 16.6. The maximum atomic E-state index is 13.0. The molecule has 0 saturated carbocycles. The molecule has 2 aliphatic heterocycles. The van der Waals surface area contributed by atoms with Gasteiger partial charge in [0.15, 0.2) is 0 Å². The number of hydrogen-bond donors (Lipinski definition) is 2. The number of nitrogens with zero attached hydrogens (tertiary/aromatic N) is 1. The molecule has 27 heavy (non-hydrogen) atoms. The molecule has 2 heterocycles. The average molecular weight is 398 g/mol. The number of carbonyl (C=O) groups excluding carboxylic acids is 2. The lowest BCUT2D eigenvalue weighted by atomic mass is 9.81. The van der Waals surface area contributed by atoms with Gasteiger partial charge in [-0.2, -0.15) is 0 Å². The topological polar surface area (TPSA) is 61.4 Å². The molecule has 0 spiro atoms. The SMILES string of the molecule is CC1(CNC(=O)C2CCCN(C(=O)c3ccc(F)cc3)C2)CCNCC1.Cl. The summed E-state index contributed by atoms with van der Waals surface area (Å²) in [5.74, 6) is -0.614. The van der Waals surface area contributed by atoms with E-state index >= 15 is 0 Å². The molecule has 0 aromatic heterocycles. The lowest BCUT2D eigenvalue weighted by molar-refractivity contribution is -0.126. The number of hydrogen-bond acceptors (Lipinski definition) is 3. The van der Waals surface area contributed by atoms with Gasteiger partial charge in [0.25, 0.3) is 5.91 Å². The minimum atomic E-state index is -0.358. The van der Waals surface area contributed by atoms with E-state index in [1.165, 1.54) is 24.3 Å². The van der Waals surface area contributed by atoms with Gasteiger partial charge in [-0.3, -0.25) is 9.59 Å². The highest BCUT2D eigenvalue weighted by atomic mass is 35.5. The van der Waals surface area contributed by atoms with Crippen molar-refractivity contribution in [2.75, 3.05) is 32.7 Å². The van der Waals surface area contributed by atoms with Crippen molar-refractivity contribution in [1.29, 1.82) is 0 Å². The molecule has 7 heteroatoms. The Morgan fingerprint density at radius 2 is 1.93 bits per heavy atom. The largest absolute Gasteiger partial charge is 0.355 e. The van der Waals surface area contributed by atoms with Crippen LogP contribution in [0.1, 0.15) is 43.0 Å². The maximum absolute atomic E-state index is 13.0. The van der Waals surface area contributed by atoms with Gasteiger partial charge in [0.2, 0.25) is 5.91 Å². The van der Waals surface area contributed by atoms with Crippen molar-refractivity contribution in [2.24, 2.45) is 11.3 Å². The van der Waals surface area contributed by atoms with Crippen LogP contribution in [0.15, 0.2) is 24.3 Å². The Labute approximate surface area is 166 Å². The quantitative estimate of drug-likeness (QED) is 0.821. The van der Waals surface area contributed by atoms with Crippen LogP contribution in [0.2, 0.25) is 0 Å². The fourth-order valence-corrected chi connectivity index (χ4v) is 3.80. The maximum Gasteiger partial charge on any atom is 0.253 e. The van der Waals surface area contributed by atoms with E-state index in [-0.39, 0.29) is 41.4 Å². The predicted molar refractivity (Wildman–Crippen MR) is 105 cm³/mol.